The van der Waals surface area contributed by atoms with Crippen LogP contribution >= 0.6 is 11.8 Å². The van der Waals surface area contributed by atoms with Gasteiger partial charge in [-0.05, 0) is 23.1 Å². The van der Waals surface area contributed by atoms with Gasteiger partial charge in [0.15, 0.2) is 0 Å². The highest BCUT2D eigenvalue weighted by atomic mass is 32.2. The van der Waals surface area contributed by atoms with Crippen molar-refractivity contribution in [2.24, 2.45) is 5.73 Å². The molecule has 90 valence electrons. The maximum atomic E-state index is 5.84. The fraction of sp³-hybridized carbons (Fsp3) is 0.286. The van der Waals surface area contributed by atoms with Gasteiger partial charge in [-0.1, -0.05) is 30.3 Å². The lowest BCUT2D eigenvalue weighted by Crippen LogP contribution is -2.05. The number of hydrogen-bond donors (Lipinski definition) is 1. The zero-order valence-electron chi connectivity index (χ0n) is 9.98. The lowest BCUT2D eigenvalue weighted by atomic mass is 10.0. The molecule has 2 rings (SSSR count). The van der Waals surface area contributed by atoms with E-state index < -0.39 is 0 Å². The van der Waals surface area contributed by atoms with Gasteiger partial charge in [0.1, 0.15) is 5.75 Å². The van der Waals surface area contributed by atoms with E-state index in [9.17, 15) is 0 Å². The Morgan fingerprint density at radius 2 is 2.00 bits per heavy atom. The zero-order chi connectivity index (χ0) is 12.1. The molecule has 0 bridgehead atoms. The first-order valence-corrected chi connectivity index (χ1v) is 7.08. The Morgan fingerprint density at radius 1 is 1.18 bits per heavy atom. The van der Waals surface area contributed by atoms with Gasteiger partial charge in [0.2, 0.25) is 0 Å². The SMILES string of the molecule is CSCCOc1ccc2ccccc2c1CN. The van der Waals surface area contributed by atoms with E-state index in [1.165, 1.54) is 10.8 Å². The van der Waals surface area contributed by atoms with Crippen molar-refractivity contribution in [3.8, 4) is 5.75 Å². The highest BCUT2D eigenvalue weighted by Gasteiger charge is 2.06. The lowest BCUT2D eigenvalue weighted by molar-refractivity contribution is 0.341. The van der Waals surface area contributed by atoms with Crippen molar-refractivity contribution in [1.29, 1.82) is 0 Å². The first-order chi connectivity index (χ1) is 8.36. The number of hydrogen-bond acceptors (Lipinski definition) is 3. The maximum absolute atomic E-state index is 5.84. The number of benzene rings is 2. The van der Waals surface area contributed by atoms with Gasteiger partial charge in [-0.25, -0.2) is 0 Å². The third-order valence-corrected chi connectivity index (χ3v) is 3.32. The minimum Gasteiger partial charge on any atom is -0.492 e. The van der Waals surface area contributed by atoms with E-state index in [4.69, 9.17) is 10.5 Å². The number of rotatable bonds is 5. The molecule has 17 heavy (non-hydrogen) atoms. The summed E-state index contributed by atoms with van der Waals surface area (Å²) in [5.74, 6) is 1.91. The summed E-state index contributed by atoms with van der Waals surface area (Å²) in [6.45, 7) is 1.24. The Hall–Kier alpha value is -1.19. The molecule has 0 atom stereocenters. The van der Waals surface area contributed by atoms with Crippen LogP contribution in [0.15, 0.2) is 36.4 Å². The molecule has 0 radical (unpaired) electrons. The molecule has 0 fully saturated rings. The summed E-state index contributed by atoms with van der Waals surface area (Å²) in [5.41, 5.74) is 6.94. The van der Waals surface area contributed by atoms with Gasteiger partial charge in [-0.2, -0.15) is 11.8 Å². The molecule has 0 amide bonds. The Labute approximate surface area is 106 Å². The summed E-state index contributed by atoms with van der Waals surface area (Å²) < 4.78 is 5.78. The van der Waals surface area contributed by atoms with Crippen molar-refractivity contribution in [2.45, 2.75) is 6.54 Å². The zero-order valence-corrected chi connectivity index (χ0v) is 10.8. The lowest BCUT2D eigenvalue weighted by Gasteiger charge is -2.12. The van der Waals surface area contributed by atoms with Crippen molar-refractivity contribution in [3.05, 3.63) is 42.0 Å². The highest BCUT2D eigenvalue weighted by Crippen LogP contribution is 2.27. The van der Waals surface area contributed by atoms with Crippen LogP contribution in [0.3, 0.4) is 0 Å². The smallest absolute Gasteiger partial charge is 0.124 e. The molecular weight excluding hydrogens is 230 g/mol. The first kappa shape index (κ1) is 12.3. The fourth-order valence-electron chi connectivity index (χ4n) is 1.90. The van der Waals surface area contributed by atoms with Crippen LogP contribution in [0.5, 0.6) is 5.75 Å². The second-order valence-electron chi connectivity index (χ2n) is 3.81. The number of nitrogens with two attached hydrogens (primary N) is 1. The third-order valence-electron chi connectivity index (χ3n) is 2.75. The van der Waals surface area contributed by atoms with Gasteiger partial charge >= 0.3 is 0 Å². The van der Waals surface area contributed by atoms with Crippen LogP contribution < -0.4 is 10.5 Å². The fourth-order valence-corrected chi connectivity index (χ4v) is 2.15. The molecule has 0 heterocycles. The summed E-state index contributed by atoms with van der Waals surface area (Å²) in [5, 5.41) is 2.40. The summed E-state index contributed by atoms with van der Waals surface area (Å²) >= 11 is 1.78. The van der Waals surface area contributed by atoms with E-state index >= 15 is 0 Å². The minimum atomic E-state index is 0.510. The minimum absolute atomic E-state index is 0.510. The third kappa shape index (κ3) is 2.73. The molecule has 3 heteroatoms. The summed E-state index contributed by atoms with van der Waals surface area (Å²) in [6.07, 6.45) is 2.08. The predicted molar refractivity (Wildman–Crippen MR) is 75.7 cm³/mol. The first-order valence-electron chi connectivity index (χ1n) is 5.69. The average Bonchev–Trinajstić information content (AvgIpc) is 2.38. The van der Waals surface area contributed by atoms with E-state index in [2.05, 4.69) is 24.5 Å². The van der Waals surface area contributed by atoms with Crippen LogP contribution in [0.4, 0.5) is 0 Å². The second kappa shape index (κ2) is 5.94. The van der Waals surface area contributed by atoms with Crippen molar-refractivity contribution in [2.75, 3.05) is 18.6 Å². The van der Waals surface area contributed by atoms with E-state index in [1.54, 1.807) is 11.8 Å². The Bertz CT molecular complexity index is 499. The Morgan fingerprint density at radius 3 is 2.76 bits per heavy atom. The molecular formula is C14H17NOS. The molecule has 2 nitrogen and oxygen atoms in total. The van der Waals surface area contributed by atoms with Crippen molar-refractivity contribution >= 4 is 22.5 Å². The second-order valence-corrected chi connectivity index (χ2v) is 4.79. The van der Waals surface area contributed by atoms with Crippen LogP contribution in [0.2, 0.25) is 0 Å². The van der Waals surface area contributed by atoms with E-state index in [0.717, 1.165) is 23.7 Å². The standard InChI is InChI=1S/C14H17NOS/c1-17-9-8-16-14-7-6-11-4-2-3-5-12(11)13(14)10-15/h2-7H,8-10,15H2,1H3. The summed E-state index contributed by atoms with van der Waals surface area (Å²) in [7, 11) is 0. The van der Waals surface area contributed by atoms with E-state index in [0.29, 0.717) is 6.54 Å². The largest absolute Gasteiger partial charge is 0.492 e. The predicted octanol–water partition coefficient (Wildman–Crippen LogP) is 3.04. The average molecular weight is 247 g/mol. The number of ether oxygens (including phenoxy) is 1. The van der Waals surface area contributed by atoms with Crippen molar-refractivity contribution in [3.63, 3.8) is 0 Å². The summed E-state index contributed by atoms with van der Waals surface area (Å²) in [6, 6.07) is 12.4. The number of fused-ring (bicyclic) bond motifs is 1. The highest BCUT2D eigenvalue weighted by molar-refractivity contribution is 7.98. The quantitative estimate of drug-likeness (QED) is 0.825. The topological polar surface area (TPSA) is 35.2 Å². The Kier molecular flexibility index (Phi) is 4.29. The van der Waals surface area contributed by atoms with E-state index in [-0.39, 0.29) is 0 Å². The molecule has 0 aliphatic carbocycles. The van der Waals surface area contributed by atoms with Gasteiger partial charge in [0.25, 0.3) is 0 Å². The molecule has 2 aromatic carbocycles. The molecule has 2 N–H and O–H groups in total. The molecule has 0 saturated carbocycles. The van der Waals surface area contributed by atoms with Gasteiger partial charge in [-0.3, -0.25) is 0 Å². The van der Waals surface area contributed by atoms with Crippen LogP contribution in [0.25, 0.3) is 10.8 Å². The normalized spacial score (nSPS) is 10.7. The van der Waals surface area contributed by atoms with Gasteiger partial charge in [-0.15, -0.1) is 0 Å². The van der Waals surface area contributed by atoms with Gasteiger partial charge < -0.3 is 10.5 Å². The monoisotopic (exact) mass is 247 g/mol. The molecule has 0 aliphatic rings. The van der Waals surface area contributed by atoms with Crippen molar-refractivity contribution < 1.29 is 4.74 Å². The van der Waals surface area contributed by atoms with Crippen molar-refractivity contribution in [1.82, 2.24) is 0 Å². The van der Waals surface area contributed by atoms with E-state index in [1.807, 2.05) is 18.2 Å². The van der Waals surface area contributed by atoms with Crippen LogP contribution in [0, 0.1) is 0 Å². The molecule has 0 aliphatic heterocycles. The molecule has 0 spiro atoms. The number of thioether (sulfide) groups is 1. The summed E-state index contributed by atoms with van der Waals surface area (Å²) in [4.78, 5) is 0. The van der Waals surface area contributed by atoms with Crippen LogP contribution in [-0.2, 0) is 6.54 Å². The molecule has 0 saturated heterocycles. The van der Waals surface area contributed by atoms with Crippen LogP contribution in [-0.4, -0.2) is 18.6 Å². The van der Waals surface area contributed by atoms with Gasteiger partial charge in [0.05, 0.1) is 6.61 Å². The Balaban J connectivity index is 2.35. The molecule has 2 aromatic rings. The van der Waals surface area contributed by atoms with Crippen LogP contribution in [0.1, 0.15) is 5.56 Å². The van der Waals surface area contributed by atoms with Gasteiger partial charge in [0, 0.05) is 17.9 Å². The maximum Gasteiger partial charge on any atom is 0.124 e. The molecule has 0 aromatic heterocycles. The molecule has 0 unspecified atom stereocenters.